The third-order valence-corrected chi connectivity index (χ3v) is 2.96. The number of urea groups is 1. The lowest BCUT2D eigenvalue weighted by molar-refractivity contribution is 0.217. The molecule has 0 spiro atoms. The maximum atomic E-state index is 12.1. The number of hydrogen-bond donors (Lipinski definition) is 1. The molecular formula is C16H26N2O. The standard InChI is InChI=1S/C16H26N2O/c1-12(2)11-18(6)15(19)17-14-10-8-7-9-13(14)16(3,4)5/h7-10,12H,11H2,1-6H3,(H,17,19). The van der Waals surface area contributed by atoms with E-state index in [1.807, 2.05) is 25.2 Å². The van der Waals surface area contributed by atoms with Crippen LogP contribution in [-0.2, 0) is 5.41 Å². The first-order valence-corrected chi connectivity index (χ1v) is 6.83. The van der Waals surface area contributed by atoms with Gasteiger partial charge in [-0.1, -0.05) is 52.8 Å². The second kappa shape index (κ2) is 6.09. The topological polar surface area (TPSA) is 32.3 Å². The van der Waals surface area contributed by atoms with Crippen LogP contribution >= 0.6 is 0 Å². The molecule has 0 radical (unpaired) electrons. The van der Waals surface area contributed by atoms with E-state index >= 15 is 0 Å². The van der Waals surface area contributed by atoms with Crippen LogP contribution in [0.15, 0.2) is 24.3 Å². The molecule has 0 unspecified atom stereocenters. The number of anilines is 1. The van der Waals surface area contributed by atoms with Gasteiger partial charge in [-0.15, -0.1) is 0 Å². The van der Waals surface area contributed by atoms with E-state index in [1.54, 1.807) is 4.90 Å². The fourth-order valence-corrected chi connectivity index (χ4v) is 2.09. The number of hydrogen-bond acceptors (Lipinski definition) is 1. The van der Waals surface area contributed by atoms with Gasteiger partial charge in [-0.3, -0.25) is 0 Å². The van der Waals surface area contributed by atoms with Crippen molar-refractivity contribution in [2.75, 3.05) is 18.9 Å². The average molecular weight is 262 g/mol. The monoisotopic (exact) mass is 262 g/mol. The summed E-state index contributed by atoms with van der Waals surface area (Å²) in [6.07, 6.45) is 0. The molecule has 0 atom stereocenters. The number of carbonyl (C=O) groups excluding carboxylic acids is 1. The molecule has 3 nitrogen and oxygen atoms in total. The van der Waals surface area contributed by atoms with Crippen LogP contribution in [0.1, 0.15) is 40.2 Å². The third kappa shape index (κ3) is 4.58. The summed E-state index contributed by atoms with van der Waals surface area (Å²) in [6, 6.07) is 7.94. The quantitative estimate of drug-likeness (QED) is 0.873. The summed E-state index contributed by atoms with van der Waals surface area (Å²) >= 11 is 0. The SMILES string of the molecule is CC(C)CN(C)C(=O)Nc1ccccc1C(C)(C)C. The van der Waals surface area contributed by atoms with Crippen LogP contribution in [0.25, 0.3) is 0 Å². The Balaban J connectivity index is 2.86. The van der Waals surface area contributed by atoms with Gasteiger partial charge in [-0.05, 0) is 23.0 Å². The Kier molecular flexibility index (Phi) is 4.98. The first kappa shape index (κ1) is 15.5. The Labute approximate surface area is 117 Å². The molecule has 2 amide bonds. The molecule has 0 fully saturated rings. The van der Waals surface area contributed by atoms with Gasteiger partial charge in [-0.2, -0.15) is 0 Å². The van der Waals surface area contributed by atoms with Gasteiger partial charge in [0.25, 0.3) is 0 Å². The molecule has 0 saturated heterocycles. The second-order valence-electron chi connectivity index (χ2n) is 6.50. The van der Waals surface area contributed by atoms with Crippen molar-refractivity contribution in [1.82, 2.24) is 4.90 Å². The average Bonchev–Trinajstić information content (AvgIpc) is 2.27. The van der Waals surface area contributed by atoms with Gasteiger partial charge >= 0.3 is 6.03 Å². The van der Waals surface area contributed by atoms with Crippen LogP contribution in [0.3, 0.4) is 0 Å². The lowest BCUT2D eigenvalue weighted by Crippen LogP contribution is -2.34. The number of carbonyl (C=O) groups is 1. The summed E-state index contributed by atoms with van der Waals surface area (Å²) in [6.45, 7) is 11.4. The zero-order valence-electron chi connectivity index (χ0n) is 12.9. The van der Waals surface area contributed by atoms with E-state index in [0.29, 0.717) is 5.92 Å². The molecule has 0 aliphatic carbocycles. The molecule has 19 heavy (non-hydrogen) atoms. The zero-order chi connectivity index (χ0) is 14.6. The molecule has 3 heteroatoms. The summed E-state index contributed by atoms with van der Waals surface area (Å²) in [5, 5.41) is 3.01. The molecule has 1 N–H and O–H groups in total. The van der Waals surface area contributed by atoms with Crippen molar-refractivity contribution in [3.8, 4) is 0 Å². The summed E-state index contributed by atoms with van der Waals surface area (Å²) in [7, 11) is 1.83. The van der Waals surface area contributed by atoms with Crippen molar-refractivity contribution >= 4 is 11.7 Å². The second-order valence-corrected chi connectivity index (χ2v) is 6.50. The van der Waals surface area contributed by atoms with Crippen LogP contribution in [-0.4, -0.2) is 24.5 Å². The fraction of sp³-hybridized carbons (Fsp3) is 0.562. The smallest absolute Gasteiger partial charge is 0.321 e. The van der Waals surface area contributed by atoms with Crippen LogP contribution in [0.4, 0.5) is 10.5 Å². The summed E-state index contributed by atoms with van der Waals surface area (Å²) in [5.41, 5.74) is 2.07. The van der Waals surface area contributed by atoms with E-state index < -0.39 is 0 Å². The molecule has 1 aromatic carbocycles. The minimum Gasteiger partial charge on any atom is -0.327 e. The molecule has 0 aliphatic rings. The molecule has 1 rings (SSSR count). The van der Waals surface area contributed by atoms with Gasteiger partial charge < -0.3 is 10.2 Å². The number of amides is 2. The summed E-state index contributed by atoms with van der Waals surface area (Å²) in [5.74, 6) is 0.466. The van der Waals surface area contributed by atoms with E-state index in [9.17, 15) is 4.79 Å². The highest BCUT2D eigenvalue weighted by molar-refractivity contribution is 5.90. The summed E-state index contributed by atoms with van der Waals surface area (Å²) in [4.78, 5) is 13.9. The minimum atomic E-state index is -0.0506. The van der Waals surface area contributed by atoms with Crippen LogP contribution in [0.2, 0.25) is 0 Å². The molecule has 0 heterocycles. The highest BCUT2D eigenvalue weighted by Crippen LogP contribution is 2.29. The van der Waals surface area contributed by atoms with Gasteiger partial charge in [0.1, 0.15) is 0 Å². The maximum Gasteiger partial charge on any atom is 0.321 e. The Morgan fingerprint density at radius 3 is 2.37 bits per heavy atom. The van der Waals surface area contributed by atoms with Crippen molar-refractivity contribution < 1.29 is 4.79 Å². The van der Waals surface area contributed by atoms with Crippen LogP contribution in [0.5, 0.6) is 0 Å². The molecular weight excluding hydrogens is 236 g/mol. The highest BCUT2D eigenvalue weighted by Gasteiger charge is 2.19. The third-order valence-electron chi connectivity index (χ3n) is 2.96. The van der Waals surface area contributed by atoms with E-state index in [0.717, 1.165) is 17.8 Å². The van der Waals surface area contributed by atoms with E-state index in [2.05, 4.69) is 46.0 Å². The molecule has 0 aliphatic heterocycles. The number of nitrogens with zero attached hydrogens (tertiary/aromatic N) is 1. The van der Waals surface area contributed by atoms with E-state index in [1.165, 1.54) is 0 Å². The Hall–Kier alpha value is -1.51. The first-order valence-electron chi connectivity index (χ1n) is 6.83. The largest absolute Gasteiger partial charge is 0.327 e. The maximum absolute atomic E-state index is 12.1. The summed E-state index contributed by atoms with van der Waals surface area (Å²) < 4.78 is 0. The normalized spacial score (nSPS) is 11.5. The zero-order valence-corrected chi connectivity index (χ0v) is 12.9. The Morgan fingerprint density at radius 2 is 1.84 bits per heavy atom. The molecule has 1 aromatic rings. The van der Waals surface area contributed by atoms with Crippen molar-refractivity contribution in [1.29, 1.82) is 0 Å². The number of benzene rings is 1. The molecule has 106 valence electrons. The van der Waals surface area contributed by atoms with Gasteiger partial charge in [0.2, 0.25) is 0 Å². The van der Waals surface area contributed by atoms with Crippen molar-refractivity contribution in [3.05, 3.63) is 29.8 Å². The predicted molar refractivity (Wildman–Crippen MR) is 81.6 cm³/mol. The Bertz CT molecular complexity index is 433. The van der Waals surface area contributed by atoms with Crippen LogP contribution in [0, 0.1) is 5.92 Å². The van der Waals surface area contributed by atoms with Crippen molar-refractivity contribution in [2.45, 2.75) is 40.0 Å². The predicted octanol–water partition coefficient (Wildman–Crippen LogP) is 4.10. The first-order chi connectivity index (χ1) is 8.71. The minimum absolute atomic E-state index is 0.0144. The highest BCUT2D eigenvalue weighted by atomic mass is 16.2. The molecule has 0 bridgehead atoms. The van der Waals surface area contributed by atoms with E-state index in [4.69, 9.17) is 0 Å². The van der Waals surface area contributed by atoms with Gasteiger partial charge in [-0.25, -0.2) is 4.79 Å². The van der Waals surface area contributed by atoms with E-state index in [-0.39, 0.29) is 11.4 Å². The lowest BCUT2D eigenvalue weighted by atomic mass is 9.86. The van der Waals surface area contributed by atoms with Crippen molar-refractivity contribution in [3.63, 3.8) is 0 Å². The number of para-hydroxylation sites is 1. The lowest BCUT2D eigenvalue weighted by Gasteiger charge is -2.25. The Morgan fingerprint density at radius 1 is 1.26 bits per heavy atom. The van der Waals surface area contributed by atoms with Crippen molar-refractivity contribution in [2.24, 2.45) is 5.92 Å². The molecule has 0 saturated carbocycles. The number of nitrogens with one attached hydrogen (secondary N) is 1. The van der Waals surface area contributed by atoms with Crippen LogP contribution < -0.4 is 5.32 Å². The van der Waals surface area contributed by atoms with Gasteiger partial charge in [0.15, 0.2) is 0 Å². The van der Waals surface area contributed by atoms with Gasteiger partial charge in [0.05, 0.1) is 0 Å². The van der Waals surface area contributed by atoms with Gasteiger partial charge in [0, 0.05) is 19.3 Å². The fourth-order valence-electron chi connectivity index (χ4n) is 2.09. The number of rotatable bonds is 3. The molecule has 0 aromatic heterocycles.